The zero-order valence-corrected chi connectivity index (χ0v) is 11.7. The summed E-state index contributed by atoms with van der Waals surface area (Å²) < 4.78 is 0. The zero-order chi connectivity index (χ0) is 13.4. The fourth-order valence-electron chi connectivity index (χ4n) is 2.34. The number of hydrogen-bond acceptors (Lipinski definition) is 4. The summed E-state index contributed by atoms with van der Waals surface area (Å²) in [5, 5.41) is 5.48. The highest BCUT2D eigenvalue weighted by Crippen LogP contribution is 2.33. The van der Waals surface area contributed by atoms with Crippen LogP contribution in [0.4, 0.5) is 11.4 Å². The number of benzene rings is 2. The molecule has 3 aromatic rings. The number of nitrogen functional groups attached to an aromatic ring is 1. The van der Waals surface area contributed by atoms with E-state index in [4.69, 9.17) is 10.7 Å². The number of hydrogen-bond donors (Lipinski definition) is 2. The van der Waals surface area contributed by atoms with Crippen LogP contribution in [0.5, 0.6) is 0 Å². The van der Waals surface area contributed by atoms with Crippen LogP contribution in [0.15, 0.2) is 41.3 Å². The maximum Gasteiger partial charge on any atom is 0.0732 e. The molecule has 0 saturated carbocycles. The Hall–Kier alpha value is -1.94. The van der Waals surface area contributed by atoms with Crippen LogP contribution in [0.1, 0.15) is 0 Å². The van der Waals surface area contributed by atoms with Crippen LogP contribution in [0.25, 0.3) is 21.8 Å². The quantitative estimate of drug-likeness (QED) is 0.423. The summed E-state index contributed by atoms with van der Waals surface area (Å²) in [5.74, 6) is 0. The first-order chi connectivity index (χ1) is 9.22. The summed E-state index contributed by atoms with van der Waals surface area (Å²) in [5.41, 5.74) is 9.69. The van der Waals surface area contributed by atoms with Gasteiger partial charge in [-0.25, -0.2) is 4.98 Å². The van der Waals surface area contributed by atoms with Gasteiger partial charge in [0.25, 0.3) is 0 Å². The van der Waals surface area contributed by atoms with Crippen molar-refractivity contribution in [2.45, 2.75) is 4.90 Å². The summed E-state index contributed by atoms with van der Waals surface area (Å²) in [7, 11) is 1.93. The van der Waals surface area contributed by atoms with Gasteiger partial charge in [0.05, 0.1) is 16.7 Å². The van der Waals surface area contributed by atoms with Crippen molar-refractivity contribution in [3.63, 3.8) is 0 Å². The van der Waals surface area contributed by atoms with Gasteiger partial charge in [-0.3, -0.25) is 0 Å². The predicted molar refractivity (Wildman–Crippen MR) is 85.0 cm³/mol. The van der Waals surface area contributed by atoms with Gasteiger partial charge in [0.15, 0.2) is 0 Å². The van der Waals surface area contributed by atoms with Crippen molar-refractivity contribution >= 4 is 44.9 Å². The third-order valence-electron chi connectivity index (χ3n) is 3.25. The van der Waals surface area contributed by atoms with E-state index in [0.717, 1.165) is 33.2 Å². The molecule has 4 heteroatoms. The van der Waals surface area contributed by atoms with Crippen LogP contribution in [-0.4, -0.2) is 18.3 Å². The first kappa shape index (κ1) is 12.1. The van der Waals surface area contributed by atoms with Gasteiger partial charge in [-0.1, -0.05) is 0 Å². The molecule has 3 rings (SSSR count). The number of thioether (sulfide) groups is 1. The maximum atomic E-state index is 5.89. The van der Waals surface area contributed by atoms with Gasteiger partial charge in [0.1, 0.15) is 0 Å². The molecule has 2 aromatic carbocycles. The Kier molecular flexibility index (Phi) is 2.95. The molecule has 3 N–H and O–H groups in total. The summed E-state index contributed by atoms with van der Waals surface area (Å²) in [4.78, 5) is 5.93. The molecule has 0 aliphatic heterocycles. The molecular weight excluding hydrogens is 254 g/mol. The SMILES string of the molecule is CNc1c2cc(N)ccc2nc2ccc(SC)cc12. The molecule has 0 atom stereocenters. The second kappa shape index (κ2) is 4.63. The number of nitrogens with two attached hydrogens (primary N) is 1. The minimum absolute atomic E-state index is 0.756. The van der Waals surface area contributed by atoms with Crippen LogP contribution < -0.4 is 11.1 Å². The highest BCUT2D eigenvalue weighted by molar-refractivity contribution is 7.98. The van der Waals surface area contributed by atoms with Crippen molar-refractivity contribution in [1.29, 1.82) is 0 Å². The number of aromatic nitrogens is 1. The number of nitrogens with zero attached hydrogens (tertiary/aromatic N) is 1. The Balaban J connectivity index is 2.46. The fraction of sp³-hybridized carbons (Fsp3) is 0.133. The molecule has 96 valence electrons. The molecule has 1 aromatic heterocycles. The minimum atomic E-state index is 0.756. The number of nitrogens with one attached hydrogen (secondary N) is 1. The molecule has 0 unspecified atom stereocenters. The first-order valence-corrected chi connectivity index (χ1v) is 7.30. The molecule has 0 spiro atoms. The molecule has 3 nitrogen and oxygen atoms in total. The van der Waals surface area contributed by atoms with E-state index in [2.05, 4.69) is 29.8 Å². The van der Waals surface area contributed by atoms with E-state index < -0.39 is 0 Å². The van der Waals surface area contributed by atoms with Crippen LogP contribution >= 0.6 is 11.8 Å². The lowest BCUT2D eigenvalue weighted by Gasteiger charge is -2.11. The number of pyridine rings is 1. The lowest BCUT2D eigenvalue weighted by atomic mass is 10.1. The average molecular weight is 269 g/mol. The Labute approximate surface area is 116 Å². The highest BCUT2D eigenvalue weighted by atomic mass is 32.2. The van der Waals surface area contributed by atoms with E-state index in [1.54, 1.807) is 11.8 Å². The van der Waals surface area contributed by atoms with E-state index in [0.29, 0.717) is 0 Å². The smallest absolute Gasteiger partial charge is 0.0732 e. The van der Waals surface area contributed by atoms with Crippen molar-refractivity contribution in [3.8, 4) is 0 Å². The molecule has 1 heterocycles. The molecule has 0 radical (unpaired) electrons. The van der Waals surface area contributed by atoms with E-state index in [9.17, 15) is 0 Å². The molecule has 0 saturated heterocycles. The normalized spacial score (nSPS) is 11.1. The molecule has 0 bridgehead atoms. The van der Waals surface area contributed by atoms with Gasteiger partial charge in [-0.2, -0.15) is 0 Å². The van der Waals surface area contributed by atoms with Crippen molar-refractivity contribution in [3.05, 3.63) is 36.4 Å². The van der Waals surface area contributed by atoms with Gasteiger partial charge < -0.3 is 11.1 Å². The van der Waals surface area contributed by atoms with Gasteiger partial charge in [-0.15, -0.1) is 11.8 Å². The lowest BCUT2D eigenvalue weighted by molar-refractivity contribution is 1.43. The van der Waals surface area contributed by atoms with Crippen LogP contribution in [0.2, 0.25) is 0 Å². The zero-order valence-electron chi connectivity index (χ0n) is 10.9. The first-order valence-electron chi connectivity index (χ1n) is 6.07. The monoisotopic (exact) mass is 269 g/mol. The summed E-state index contributed by atoms with van der Waals surface area (Å²) >= 11 is 1.73. The molecule has 19 heavy (non-hydrogen) atoms. The molecule has 0 amide bonds. The minimum Gasteiger partial charge on any atom is -0.399 e. The average Bonchev–Trinajstić information content (AvgIpc) is 2.44. The predicted octanol–water partition coefficient (Wildman–Crippen LogP) is 3.73. The highest BCUT2D eigenvalue weighted by Gasteiger charge is 2.08. The Morgan fingerprint density at radius 3 is 2.42 bits per heavy atom. The second-order valence-electron chi connectivity index (χ2n) is 4.40. The summed E-state index contributed by atoms with van der Waals surface area (Å²) in [6, 6.07) is 12.2. The Morgan fingerprint density at radius 1 is 1.05 bits per heavy atom. The van der Waals surface area contributed by atoms with Gasteiger partial charge in [0.2, 0.25) is 0 Å². The van der Waals surface area contributed by atoms with E-state index in [-0.39, 0.29) is 0 Å². The fourth-order valence-corrected chi connectivity index (χ4v) is 2.78. The standard InChI is InChI=1S/C15H15N3S/c1-17-15-11-7-9(16)3-5-13(11)18-14-6-4-10(19-2)8-12(14)15/h3-8H,16H2,1-2H3,(H,17,18). The van der Waals surface area contributed by atoms with Gasteiger partial charge >= 0.3 is 0 Å². The van der Waals surface area contributed by atoms with Crippen molar-refractivity contribution in [2.24, 2.45) is 0 Å². The van der Waals surface area contributed by atoms with Gasteiger partial charge in [0, 0.05) is 28.4 Å². The molecule has 0 fully saturated rings. The third-order valence-corrected chi connectivity index (χ3v) is 3.98. The Morgan fingerprint density at radius 2 is 1.74 bits per heavy atom. The van der Waals surface area contributed by atoms with Crippen molar-refractivity contribution in [1.82, 2.24) is 4.98 Å². The van der Waals surface area contributed by atoms with Crippen molar-refractivity contribution in [2.75, 3.05) is 24.4 Å². The summed E-state index contributed by atoms with van der Waals surface area (Å²) in [6.45, 7) is 0. The molecule has 0 aliphatic carbocycles. The number of fused-ring (bicyclic) bond motifs is 2. The number of anilines is 2. The van der Waals surface area contributed by atoms with Crippen LogP contribution in [0.3, 0.4) is 0 Å². The summed E-state index contributed by atoms with van der Waals surface area (Å²) in [6.07, 6.45) is 2.08. The van der Waals surface area contributed by atoms with E-state index in [1.807, 2.05) is 25.2 Å². The number of rotatable bonds is 2. The largest absolute Gasteiger partial charge is 0.399 e. The van der Waals surface area contributed by atoms with E-state index >= 15 is 0 Å². The second-order valence-corrected chi connectivity index (χ2v) is 5.28. The molecular formula is C15H15N3S. The van der Waals surface area contributed by atoms with E-state index in [1.165, 1.54) is 4.90 Å². The lowest BCUT2D eigenvalue weighted by Crippen LogP contribution is -1.95. The van der Waals surface area contributed by atoms with Gasteiger partial charge in [-0.05, 0) is 42.7 Å². The van der Waals surface area contributed by atoms with Crippen LogP contribution in [0, 0.1) is 0 Å². The maximum absolute atomic E-state index is 5.89. The Bertz CT molecular complexity index is 768. The molecule has 0 aliphatic rings. The topological polar surface area (TPSA) is 50.9 Å². The van der Waals surface area contributed by atoms with Crippen LogP contribution in [-0.2, 0) is 0 Å². The van der Waals surface area contributed by atoms with Crippen molar-refractivity contribution < 1.29 is 0 Å². The third kappa shape index (κ3) is 1.98.